The third-order valence-electron chi connectivity index (χ3n) is 4.43. The number of rotatable bonds is 4. The van der Waals surface area contributed by atoms with Crippen LogP contribution in [0.2, 0.25) is 0 Å². The number of carbonyl (C=O) groups excluding carboxylic acids is 1. The second-order valence-corrected chi connectivity index (χ2v) is 6.15. The zero-order valence-electron chi connectivity index (χ0n) is 11.6. The van der Waals surface area contributed by atoms with Gasteiger partial charge in [0, 0.05) is 32.1 Å². The summed E-state index contributed by atoms with van der Waals surface area (Å²) in [7, 11) is 0. The first-order valence-corrected chi connectivity index (χ1v) is 7.59. The van der Waals surface area contributed by atoms with E-state index in [1.54, 1.807) is 0 Å². The van der Waals surface area contributed by atoms with Crippen molar-refractivity contribution >= 4 is 5.91 Å². The molecule has 1 aromatic heterocycles. The Balaban J connectivity index is 1.32. The number of hydrogen-bond donors (Lipinski definition) is 0. The molecule has 108 valence electrons. The van der Waals surface area contributed by atoms with Crippen LogP contribution >= 0.6 is 0 Å². The lowest BCUT2D eigenvalue weighted by Gasteiger charge is -2.34. The molecule has 0 aromatic carbocycles. The van der Waals surface area contributed by atoms with Crippen LogP contribution in [0.5, 0.6) is 0 Å². The van der Waals surface area contributed by atoms with E-state index in [1.165, 1.54) is 12.8 Å². The van der Waals surface area contributed by atoms with E-state index in [2.05, 4.69) is 20.4 Å². The highest BCUT2D eigenvalue weighted by Crippen LogP contribution is 2.34. The topological polar surface area (TPSA) is 67.2 Å². The number of tetrazole rings is 1. The van der Waals surface area contributed by atoms with Crippen LogP contribution in [0.15, 0.2) is 0 Å². The van der Waals surface area contributed by atoms with Gasteiger partial charge in [0.05, 0.1) is 12.6 Å². The molecular formula is C13H20N6O. The lowest BCUT2D eigenvalue weighted by atomic mass is 10.2. The van der Waals surface area contributed by atoms with Crippen molar-refractivity contribution in [1.82, 2.24) is 30.0 Å². The highest BCUT2D eigenvalue weighted by atomic mass is 16.2. The summed E-state index contributed by atoms with van der Waals surface area (Å²) < 4.78 is 1.97. The molecule has 1 saturated heterocycles. The quantitative estimate of drug-likeness (QED) is 0.778. The summed E-state index contributed by atoms with van der Waals surface area (Å²) in [5.41, 5.74) is 0. The fourth-order valence-corrected chi connectivity index (χ4v) is 2.83. The number of carbonyl (C=O) groups is 1. The van der Waals surface area contributed by atoms with Gasteiger partial charge in [-0.2, -0.15) is 0 Å². The van der Waals surface area contributed by atoms with E-state index < -0.39 is 0 Å². The van der Waals surface area contributed by atoms with Gasteiger partial charge in [0.2, 0.25) is 5.91 Å². The molecule has 2 aliphatic carbocycles. The van der Waals surface area contributed by atoms with E-state index >= 15 is 0 Å². The molecule has 7 heteroatoms. The van der Waals surface area contributed by atoms with Gasteiger partial charge >= 0.3 is 0 Å². The molecule has 0 unspecified atom stereocenters. The van der Waals surface area contributed by atoms with Gasteiger partial charge < -0.3 is 4.90 Å². The summed E-state index contributed by atoms with van der Waals surface area (Å²) in [6.07, 6.45) is 4.58. The van der Waals surface area contributed by atoms with Crippen molar-refractivity contribution in [3.05, 3.63) is 5.82 Å². The maximum Gasteiger partial charge on any atom is 0.225 e. The van der Waals surface area contributed by atoms with Gasteiger partial charge in [-0.05, 0) is 36.1 Å². The summed E-state index contributed by atoms with van der Waals surface area (Å²) >= 11 is 0. The number of nitrogens with zero attached hydrogens (tertiary/aromatic N) is 6. The maximum absolute atomic E-state index is 12.0. The molecule has 0 N–H and O–H groups in total. The summed E-state index contributed by atoms with van der Waals surface area (Å²) in [5, 5.41) is 12.0. The summed E-state index contributed by atoms with van der Waals surface area (Å²) in [6.45, 7) is 4.35. The molecule has 1 amide bonds. The summed E-state index contributed by atoms with van der Waals surface area (Å²) in [4.78, 5) is 16.4. The van der Waals surface area contributed by atoms with E-state index in [1.807, 2.05) is 9.58 Å². The van der Waals surface area contributed by atoms with E-state index in [0.29, 0.717) is 17.9 Å². The Morgan fingerprint density at radius 2 is 1.85 bits per heavy atom. The number of hydrogen-bond acceptors (Lipinski definition) is 5. The monoisotopic (exact) mass is 276 g/mol. The lowest BCUT2D eigenvalue weighted by molar-refractivity contribution is -0.134. The standard InChI is InChI=1S/C13H20N6O/c20-13(10-1-2-10)18-7-5-17(6-8-18)9-12-14-15-16-19(12)11-3-4-11/h10-11H,1-9H2. The molecule has 1 aromatic rings. The lowest BCUT2D eigenvalue weighted by Crippen LogP contribution is -2.49. The van der Waals surface area contributed by atoms with Crippen LogP contribution in [0, 0.1) is 5.92 Å². The predicted molar refractivity (Wildman–Crippen MR) is 70.7 cm³/mol. The highest BCUT2D eigenvalue weighted by molar-refractivity contribution is 5.81. The molecule has 7 nitrogen and oxygen atoms in total. The van der Waals surface area contributed by atoms with Crippen LogP contribution in [0.3, 0.4) is 0 Å². The Bertz CT molecular complexity index is 499. The van der Waals surface area contributed by atoms with Crippen molar-refractivity contribution in [2.75, 3.05) is 26.2 Å². The van der Waals surface area contributed by atoms with Crippen LogP contribution in [0.25, 0.3) is 0 Å². The second kappa shape index (κ2) is 4.80. The average Bonchev–Trinajstić information content (AvgIpc) is 3.38. The van der Waals surface area contributed by atoms with Gasteiger partial charge in [-0.15, -0.1) is 5.10 Å². The van der Waals surface area contributed by atoms with Gasteiger partial charge in [0.25, 0.3) is 0 Å². The molecule has 2 saturated carbocycles. The fraction of sp³-hybridized carbons (Fsp3) is 0.846. The smallest absolute Gasteiger partial charge is 0.225 e. The normalized spacial score (nSPS) is 24.1. The van der Waals surface area contributed by atoms with Crippen LogP contribution in [0.4, 0.5) is 0 Å². The van der Waals surface area contributed by atoms with Crippen molar-refractivity contribution in [2.24, 2.45) is 5.92 Å². The Labute approximate surface area is 117 Å². The maximum atomic E-state index is 12.0. The second-order valence-electron chi connectivity index (χ2n) is 6.15. The minimum Gasteiger partial charge on any atom is -0.340 e. The minimum absolute atomic E-state index is 0.337. The predicted octanol–water partition coefficient (Wildman–Crippen LogP) is 0.0622. The summed E-state index contributed by atoms with van der Waals surface area (Å²) in [5.74, 6) is 1.67. The molecule has 4 rings (SSSR count). The van der Waals surface area contributed by atoms with Gasteiger partial charge in [-0.1, -0.05) is 0 Å². The zero-order valence-corrected chi connectivity index (χ0v) is 11.6. The van der Waals surface area contributed by atoms with Crippen molar-refractivity contribution in [3.8, 4) is 0 Å². The van der Waals surface area contributed by atoms with E-state index in [0.717, 1.165) is 51.4 Å². The van der Waals surface area contributed by atoms with Crippen LogP contribution < -0.4 is 0 Å². The average molecular weight is 276 g/mol. The SMILES string of the molecule is O=C(C1CC1)N1CCN(Cc2nnnn2C2CC2)CC1. The summed E-state index contributed by atoms with van der Waals surface area (Å²) in [6, 6.07) is 0.526. The highest BCUT2D eigenvalue weighted by Gasteiger charge is 2.35. The van der Waals surface area contributed by atoms with Gasteiger partial charge in [-0.3, -0.25) is 9.69 Å². The van der Waals surface area contributed by atoms with E-state index in [-0.39, 0.29) is 0 Å². The first-order valence-electron chi connectivity index (χ1n) is 7.59. The largest absolute Gasteiger partial charge is 0.340 e. The van der Waals surface area contributed by atoms with Crippen molar-refractivity contribution in [3.63, 3.8) is 0 Å². The Hall–Kier alpha value is -1.50. The Morgan fingerprint density at radius 3 is 2.50 bits per heavy atom. The number of piperazine rings is 1. The first-order chi connectivity index (χ1) is 9.81. The Morgan fingerprint density at radius 1 is 1.10 bits per heavy atom. The molecule has 0 atom stereocenters. The van der Waals surface area contributed by atoms with E-state index in [4.69, 9.17) is 0 Å². The molecule has 20 heavy (non-hydrogen) atoms. The first kappa shape index (κ1) is 12.3. The molecule has 1 aliphatic heterocycles. The molecule has 0 radical (unpaired) electrons. The third-order valence-corrected chi connectivity index (χ3v) is 4.43. The zero-order chi connectivity index (χ0) is 13.5. The molecule has 0 spiro atoms. The van der Waals surface area contributed by atoms with Crippen LogP contribution in [-0.2, 0) is 11.3 Å². The van der Waals surface area contributed by atoms with Crippen LogP contribution in [-0.4, -0.2) is 62.1 Å². The fourth-order valence-electron chi connectivity index (χ4n) is 2.83. The molecule has 2 heterocycles. The van der Waals surface area contributed by atoms with Crippen molar-refractivity contribution in [2.45, 2.75) is 38.3 Å². The van der Waals surface area contributed by atoms with Crippen LogP contribution in [0.1, 0.15) is 37.5 Å². The van der Waals surface area contributed by atoms with E-state index in [9.17, 15) is 4.79 Å². The molecule has 3 aliphatic rings. The molecular weight excluding hydrogens is 256 g/mol. The Kier molecular flexibility index (Phi) is 2.94. The third kappa shape index (κ3) is 2.42. The number of aromatic nitrogens is 4. The van der Waals surface area contributed by atoms with Gasteiger partial charge in [-0.25, -0.2) is 4.68 Å². The van der Waals surface area contributed by atoms with Crippen molar-refractivity contribution in [1.29, 1.82) is 0 Å². The number of amides is 1. The molecule has 0 bridgehead atoms. The molecule has 3 fully saturated rings. The van der Waals surface area contributed by atoms with Crippen molar-refractivity contribution < 1.29 is 4.79 Å². The van der Waals surface area contributed by atoms with Gasteiger partial charge in [0.1, 0.15) is 0 Å². The van der Waals surface area contributed by atoms with Gasteiger partial charge in [0.15, 0.2) is 5.82 Å². The minimum atomic E-state index is 0.337.